The molecule has 1 amide bonds. The highest BCUT2D eigenvalue weighted by atomic mass is 127. The molecule has 1 aromatic carbocycles. The van der Waals surface area contributed by atoms with Crippen molar-refractivity contribution in [2.24, 2.45) is 4.99 Å². The average molecular weight is 518 g/mol. The van der Waals surface area contributed by atoms with Gasteiger partial charge in [-0.15, -0.1) is 24.0 Å². The summed E-state index contributed by atoms with van der Waals surface area (Å²) in [7, 11) is 3.53. The zero-order valence-corrected chi connectivity index (χ0v) is 20.1. The van der Waals surface area contributed by atoms with Crippen LogP contribution in [0.15, 0.2) is 29.3 Å². The second kappa shape index (κ2) is 14.6. The highest BCUT2D eigenvalue weighted by Crippen LogP contribution is 2.14. The van der Waals surface area contributed by atoms with Crippen LogP contribution in [0.3, 0.4) is 0 Å². The number of aliphatic imine (C=N–C) groups is 1. The zero-order valence-electron chi connectivity index (χ0n) is 17.8. The summed E-state index contributed by atoms with van der Waals surface area (Å²) in [6.07, 6.45) is 3.29. The van der Waals surface area contributed by atoms with Crippen LogP contribution in [0.25, 0.3) is 0 Å². The van der Waals surface area contributed by atoms with Crippen molar-refractivity contribution in [1.29, 1.82) is 0 Å². The number of nitrogens with zero attached hydrogens (tertiary/aromatic N) is 2. The lowest BCUT2D eigenvalue weighted by Gasteiger charge is -2.34. The number of ether oxygens (including phenoxy) is 2. The summed E-state index contributed by atoms with van der Waals surface area (Å²) in [5.41, 5.74) is 1.80. The van der Waals surface area contributed by atoms with Crippen molar-refractivity contribution < 1.29 is 14.3 Å². The number of benzene rings is 1. The highest BCUT2D eigenvalue weighted by molar-refractivity contribution is 14.0. The first-order valence-electron chi connectivity index (χ1n) is 10.1. The molecule has 2 rings (SSSR count). The van der Waals surface area contributed by atoms with E-state index in [1.54, 1.807) is 7.11 Å². The van der Waals surface area contributed by atoms with Crippen LogP contribution in [0.5, 0.6) is 0 Å². The Labute approximate surface area is 191 Å². The summed E-state index contributed by atoms with van der Waals surface area (Å²) in [5.74, 6) is 0.871. The second-order valence-corrected chi connectivity index (χ2v) is 6.86. The predicted molar refractivity (Wildman–Crippen MR) is 127 cm³/mol. The zero-order chi connectivity index (χ0) is 20.2. The van der Waals surface area contributed by atoms with Gasteiger partial charge in [-0.1, -0.05) is 12.1 Å². The molecule has 1 saturated heterocycles. The molecule has 0 atom stereocenters. The minimum atomic E-state index is -0.0369. The maximum atomic E-state index is 11.8. The Bertz CT molecular complexity index is 617. The Balaban J connectivity index is 0.00000420. The molecule has 2 N–H and O–H groups in total. The van der Waals surface area contributed by atoms with Crippen molar-refractivity contribution in [3.63, 3.8) is 0 Å². The van der Waals surface area contributed by atoms with Crippen molar-refractivity contribution in [3.8, 4) is 0 Å². The third kappa shape index (κ3) is 8.88. The lowest BCUT2D eigenvalue weighted by atomic mass is 10.1. The Morgan fingerprint density at radius 2 is 1.86 bits per heavy atom. The maximum Gasteiger partial charge on any atom is 0.251 e. The molecule has 1 fully saturated rings. The molecule has 1 heterocycles. The molecule has 0 aromatic heterocycles. The van der Waals surface area contributed by atoms with Crippen LogP contribution >= 0.6 is 24.0 Å². The molecule has 29 heavy (non-hydrogen) atoms. The Morgan fingerprint density at radius 3 is 2.45 bits per heavy atom. The fourth-order valence-corrected chi connectivity index (χ4v) is 3.24. The number of likely N-dealkylation sites (tertiary alicyclic amines) is 1. The van der Waals surface area contributed by atoms with E-state index in [4.69, 9.17) is 9.47 Å². The fraction of sp³-hybridized carbons (Fsp3) is 0.619. The van der Waals surface area contributed by atoms with Crippen LogP contribution in [0.2, 0.25) is 0 Å². The molecule has 1 aliphatic rings. The highest BCUT2D eigenvalue weighted by Gasteiger charge is 2.21. The van der Waals surface area contributed by atoms with Crippen LogP contribution in [0.4, 0.5) is 0 Å². The fourth-order valence-electron chi connectivity index (χ4n) is 3.24. The second-order valence-electron chi connectivity index (χ2n) is 6.86. The van der Waals surface area contributed by atoms with Crippen LogP contribution in [-0.4, -0.2) is 69.9 Å². The topological polar surface area (TPSA) is 75.2 Å². The van der Waals surface area contributed by atoms with Gasteiger partial charge < -0.3 is 25.0 Å². The summed E-state index contributed by atoms with van der Waals surface area (Å²) in [5, 5.41) is 6.23. The third-order valence-electron chi connectivity index (χ3n) is 4.80. The van der Waals surface area contributed by atoms with Gasteiger partial charge in [-0.25, -0.2) is 0 Å². The van der Waals surface area contributed by atoms with E-state index in [0.29, 0.717) is 24.8 Å². The first-order valence-corrected chi connectivity index (χ1v) is 10.1. The lowest BCUT2D eigenvalue weighted by Crippen LogP contribution is -2.46. The normalized spacial score (nSPS) is 15.0. The molecule has 0 unspecified atom stereocenters. The van der Waals surface area contributed by atoms with Gasteiger partial charge in [0.25, 0.3) is 5.91 Å². The van der Waals surface area contributed by atoms with Crippen LogP contribution in [0.1, 0.15) is 42.1 Å². The molecule has 0 radical (unpaired) electrons. The molecule has 0 aliphatic carbocycles. The molecule has 1 aliphatic heterocycles. The summed E-state index contributed by atoms with van der Waals surface area (Å²) in [6.45, 7) is 6.61. The van der Waals surface area contributed by atoms with E-state index in [1.165, 1.54) is 0 Å². The summed E-state index contributed by atoms with van der Waals surface area (Å²) >= 11 is 0. The van der Waals surface area contributed by atoms with Gasteiger partial charge in [0.1, 0.15) is 0 Å². The van der Waals surface area contributed by atoms with Gasteiger partial charge in [0, 0.05) is 59.1 Å². The van der Waals surface area contributed by atoms with Gasteiger partial charge in [0.05, 0.1) is 6.10 Å². The van der Waals surface area contributed by atoms with E-state index in [9.17, 15) is 4.79 Å². The largest absolute Gasteiger partial charge is 0.385 e. The van der Waals surface area contributed by atoms with Gasteiger partial charge in [0.2, 0.25) is 0 Å². The van der Waals surface area contributed by atoms with Gasteiger partial charge in [0.15, 0.2) is 5.96 Å². The number of nitrogens with one attached hydrogen (secondary N) is 2. The maximum absolute atomic E-state index is 11.8. The summed E-state index contributed by atoms with van der Waals surface area (Å²) in [4.78, 5) is 18.5. The van der Waals surface area contributed by atoms with Crippen LogP contribution in [-0.2, 0) is 16.0 Å². The van der Waals surface area contributed by atoms with Crippen molar-refractivity contribution >= 4 is 35.8 Å². The van der Waals surface area contributed by atoms with E-state index < -0.39 is 0 Å². The number of amides is 1. The van der Waals surface area contributed by atoms with Gasteiger partial charge in [-0.2, -0.15) is 0 Å². The Kier molecular flexibility index (Phi) is 12.9. The van der Waals surface area contributed by atoms with Crippen molar-refractivity contribution in [3.05, 3.63) is 35.4 Å². The third-order valence-corrected chi connectivity index (χ3v) is 4.80. The monoisotopic (exact) mass is 518 g/mol. The minimum Gasteiger partial charge on any atom is -0.385 e. The number of carbonyl (C=O) groups excluding carboxylic acids is 1. The SMILES string of the molecule is CCNC(=O)c1ccc(CNC(=NC)N2CCC(OCCCOC)CC2)cc1.I. The average Bonchev–Trinajstić information content (AvgIpc) is 2.73. The molecule has 164 valence electrons. The molecule has 0 saturated carbocycles. The standard InChI is InChI=1S/C21H34N4O3.HI/c1-4-23-20(26)18-8-6-17(7-9-18)16-24-21(22-2)25-12-10-19(11-13-25)28-15-5-14-27-3;/h6-9,19H,4-5,10-16H2,1-3H3,(H,22,24)(H,23,26);1H. The first-order chi connectivity index (χ1) is 13.7. The van der Waals surface area contributed by atoms with Gasteiger partial charge >= 0.3 is 0 Å². The molecule has 1 aromatic rings. The molecule has 7 nitrogen and oxygen atoms in total. The van der Waals surface area contributed by atoms with Crippen LogP contribution < -0.4 is 10.6 Å². The number of methoxy groups -OCH3 is 1. The van der Waals surface area contributed by atoms with E-state index in [2.05, 4.69) is 20.5 Å². The van der Waals surface area contributed by atoms with E-state index in [1.807, 2.05) is 38.2 Å². The Hall–Kier alpha value is -1.39. The smallest absolute Gasteiger partial charge is 0.251 e. The Morgan fingerprint density at radius 1 is 1.17 bits per heavy atom. The number of hydrogen-bond acceptors (Lipinski definition) is 4. The number of rotatable bonds is 9. The molecular weight excluding hydrogens is 483 g/mol. The van der Waals surface area contributed by atoms with Crippen molar-refractivity contribution in [1.82, 2.24) is 15.5 Å². The van der Waals surface area contributed by atoms with Crippen molar-refractivity contribution in [2.75, 3.05) is 47.0 Å². The molecule has 8 heteroatoms. The van der Waals surface area contributed by atoms with E-state index >= 15 is 0 Å². The molecule has 0 bridgehead atoms. The number of halogens is 1. The number of carbonyl (C=O) groups is 1. The predicted octanol–water partition coefficient (Wildman–Crippen LogP) is 2.65. The van der Waals surface area contributed by atoms with Crippen LogP contribution in [0, 0.1) is 0 Å². The lowest BCUT2D eigenvalue weighted by molar-refractivity contribution is 0.00989. The minimum absolute atomic E-state index is 0. The first kappa shape index (κ1) is 25.6. The summed E-state index contributed by atoms with van der Waals surface area (Å²) < 4.78 is 11.0. The number of guanidine groups is 1. The van der Waals surface area contributed by atoms with Crippen molar-refractivity contribution in [2.45, 2.75) is 38.8 Å². The van der Waals surface area contributed by atoms with E-state index in [-0.39, 0.29) is 29.9 Å². The van der Waals surface area contributed by atoms with Gasteiger partial charge in [-0.05, 0) is 43.9 Å². The number of piperidine rings is 1. The van der Waals surface area contributed by atoms with Gasteiger partial charge in [-0.3, -0.25) is 9.79 Å². The van der Waals surface area contributed by atoms with E-state index in [0.717, 1.165) is 57.1 Å². The molecular formula is C21H35IN4O3. The summed E-state index contributed by atoms with van der Waals surface area (Å²) in [6, 6.07) is 7.67. The number of hydrogen-bond donors (Lipinski definition) is 2. The quantitative estimate of drug-likeness (QED) is 0.228. The molecule has 0 spiro atoms.